The van der Waals surface area contributed by atoms with Crippen molar-refractivity contribution in [2.24, 2.45) is 0 Å². The molecule has 0 atom stereocenters. The summed E-state index contributed by atoms with van der Waals surface area (Å²) in [5.74, 6) is 1.01. The van der Waals surface area contributed by atoms with E-state index in [1.165, 1.54) is 16.0 Å². The Labute approximate surface area is 113 Å². The second-order valence-electron chi connectivity index (χ2n) is 4.25. The first-order valence-electron chi connectivity index (χ1n) is 6.25. The normalized spacial score (nSPS) is 10.5. The van der Waals surface area contributed by atoms with Crippen LogP contribution >= 0.6 is 11.8 Å². The summed E-state index contributed by atoms with van der Waals surface area (Å²) >= 11 is 1.86. The largest absolute Gasteiger partial charge is 0.396 e. The van der Waals surface area contributed by atoms with Gasteiger partial charge in [-0.15, -0.1) is 11.8 Å². The quantitative estimate of drug-likeness (QED) is 0.793. The highest BCUT2D eigenvalue weighted by Gasteiger charge is 1.97. The number of aliphatic hydroxyl groups excluding tert-OH is 1. The number of hydrogen-bond donors (Lipinski definition) is 1. The molecule has 2 heteroatoms. The smallest absolute Gasteiger partial charge is 0.0434 e. The third-order valence-electron chi connectivity index (χ3n) is 2.80. The molecule has 2 aromatic carbocycles. The summed E-state index contributed by atoms with van der Waals surface area (Å²) in [6.45, 7) is 0.268. The second-order valence-corrected chi connectivity index (χ2v) is 5.29. The standard InChI is InChI=1S/C16H18OS/c17-12-4-7-14-8-10-16(11-9-14)18-13-15-5-2-1-3-6-15/h1-3,5-6,8-11,17H,4,7,12-13H2. The van der Waals surface area contributed by atoms with Crippen molar-refractivity contribution in [2.75, 3.05) is 6.61 Å². The Morgan fingerprint density at radius 2 is 1.56 bits per heavy atom. The van der Waals surface area contributed by atoms with Crippen molar-refractivity contribution in [2.45, 2.75) is 23.5 Å². The third kappa shape index (κ3) is 4.21. The van der Waals surface area contributed by atoms with Gasteiger partial charge in [0.25, 0.3) is 0 Å². The first-order chi connectivity index (χ1) is 8.88. The topological polar surface area (TPSA) is 20.2 Å². The molecule has 0 unspecified atom stereocenters. The van der Waals surface area contributed by atoms with Gasteiger partial charge in [-0.25, -0.2) is 0 Å². The van der Waals surface area contributed by atoms with E-state index in [-0.39, 0.29) is 6.61 Å². The van der Waals surface area contributed by atoms with Crippen LogP contribution in [0.15, 0.2) is 59.5 Å². The molecule has 1 N–H and O–H groups in total. The first kappa shape index (κ1) is 13.2. The van der Waals surface area contributed by atoms with Crippen LogP contribution < -0.4 is 0 Å². The minimum Gasteiger partial charge on any atom is -0.396 e. The predicted molar refractivity (Wildman–Crippen MR) is 77.9 cm³/mol. The first-order valence-corrected chi connectivity index (χ1v) is 7.23. The molecule has 2 rings (SSSR count). The van der Waals surface area contributed by atoms with E-state index in [1.54, 1.807) is 0 Å². The van der Waals surface area contributed by atoms with E-state index >= 15 is 0 Å². The van der Waals surface area contributed by atoms with Crippen molar-refractivity contribution in [1.29, 1.82) is 0 Å². The van der Waals surface area contributed by atoms with E-state index in [2.05, 4.69) is 48.5 Å². The van der Waals surface area contributed by atoms with E-state index in [0.29, 0.717) is 0 Å². The van der Waals surface area contributed by atoms with Crippen molar-refractivity contribution in [3.05, 3.63) is 65.7 Å². The van der Waals surface area contributed by atoms with Crippen LogP contribution in [0.25, 0.3) is 0 Å². The Morgan fingerprint density at radius 3 is 2.22 bits per heavy atom. The number of aryl methyl sites for hydroxylation is 1. The molecule has 0 saturated heterocycles. The van der Waals surface area contributed by atoms with Gasteiger partial charge in [-0.05, 0) is 36.1 Å². The maximum atomic E-state index is 8.79. The van der Waals surface area contributed by atoms with Crippen LogP contribution in [0, 0.1) is 0 Å². The van der Waals surface area contributed by atoms with Crippen LogP contribution in [0.5, 0.6) is 0 Å². The number of rotatable bonds is 6. The van der Waals surface area contributed by atoms with Gasteiger partial charge in [0, 0.05) is 17.3 Å². The van der Waals surface area contributed by atoms with E-state index in [1.807, 2.05) is 17.8 Å². The summed E-state index contributed by atoms with van der Waals surface area (Å²) in [5, 5.41) is 8.79. The molecule has 0 saturated carbocycles. The van der Waals surface area contributed by atoms with Crippen molar-refractivity contribution in [3.8, 4) is 0 Å². The summed E-state index contributed by atoms with van der Waals surface area (Å²) < 4.78 is 0. The van der Waals surface area contributed by atoms with Crippen molar-refractivity contribution in [3.63, 3.8) is 0 Å². The van der Waals surface area contributed by atoms with Crippen molar-refractivity contribution < 1.29 is 5.11 Å². The molecular formula is C16H18OS. The van der Waals surface area contributed by atoms with Crippen LogP contribution in [0.2, 0.25) is 0 Å². The average Bonchev–Trinajstić information content (AvgIpc) is 2.45. The SMILES string of the molecule is OCCCc1ccc(SCc2ccccc2)cc1. The molecule has 0 aliphatic rings. The van der Waals surface area contributed by atoms with Crippen LogP contribution in [0.4, 0.5) is 0 Å². The van der Waals surface area contributed by atoms with Crippen LogP contribution in [-0.4, -0.2) is 11.7 Å². The Morgan fingerprint density at radius 1 is 0.833 bits per heavy atom. The Balaban J connectivity index is 1.86. The lowest BCUT2D eigenvalue weighted by Gasteiger charge is -2.04. The molecule has 0 aromatic heterocycles. The summed E-state index contributed by atoms with van der Waals surface area (Å²) in [6, 6.07) is 19.2. The molecule has 94 valence electrons. The van der Waals surface area contributed by atoms with E-state index in [0.717, 1.165) is 18.6 Å². The molecule has 0 aliphatic heterocycles. The van der Waals surface area contributed by atoms with Crippen molar-refractivity contribution in [1.82, 2.24) is 0 Å². The Kier molecular flexibility index (Phi) is 5.31. The lowest BCUT2D eigenvalue weighted by Crippen LogP contribution is -1.89. The molecule has 0 radical (unpaired) electrons. The fourth-order valence-electron chi connectivity index (χ4n) is 1.78. The zero-order chi connectivity index (χ0) is 12.6. The molecule has 0 spiro atoms. The Hall–Kier alpha value is -1.25. The third-order valence-corrected chi connectivity index (χ3v) is 3.88. The van der Waals surface area contributed by atoms with Gasteiger partial charge in [-0.2, -0.15) is 0 Å². The fourth-order valence-corrected chi connectivity index (χ4v) is 2.63. The van der Waals surface area contributed by atoms with Gasteiger partial charge in [0.15, 0.2) is 0 Å². The molecule has 0 fully saturated rings. The zero-order valence-electron chi connectivity index (χ0n) is 10.4. The van der Waals surface area contributed by atoms with Gasteiger partial charge >= 0.3 is 0 Å². The number of aliphatic hydroxyl groups is 1. The highest BCUT2D eigenvalue weighted by atomic mass is 32.2. The number of thioether (sulfide) groups is 1. The van der Waals surface area contributed by atoms with Gasteiger partial charge in [0.05, 0.1) is 0 Å². The molecule has 0 bridgehead atoms. The molecule has 18 heavy (non-hydrogen) atoms. The fraction of sp³-hybridized carbons (Fsp3) is 0.250. The van der Waals surface area contributed by atoms with E-state index in [4.69, 9.17) is 5.11 Å². The summed E-state index contributed by atoms with van der Waals surface area (Å²) in [7, 11) is 0. The highest BCUT2D eigenvalue weighted by Crippen LogP contribution is 2.23. The average molecular weight is 258 g/mol. The van der Waals surface area contributed by atoms with E-state index in [9.17, 15) is 0 Å². The van der Waals surface area contributed by atoms with Gasteiger partial charge < -0.3 is 5.11 Å². The summed E-state index contributed by atoms with van der Waals surface area (Å²) in [6.07, 6.45) is 1.80. The molecule has 0 heterocycles. The number of hydrogen-bond acceptors (Lipinski definition) is 2. The van der Waals surface area contributed by atoms with Crippen LogP contribution in [-0.2, 0) is 12.2 Å². The van der Waals surface area contributed by atoms with Crippen molar-refractivity contribution >= 4 is 11.8 Å². The monoisotopic (exact) mass is 258 g/mol. The molecule has 0 aliphatic carbocycles. The van der Waals surface area contributed by atoms with Crippen LogP contribution in [0.3, 0.4) is 0 Å². The van der Waals surface area contributed by atoms with Gasteiger partial charge in [-0.1, -0.05) is 42.5 Å². The minimum atomic E-state index is 0.268. The van der Waals surface area contributed by atoms with E-state index < -0.39 is 0 Å². The Bertz CT molecular complexity index is 450. The molecule has 2 aromatic rings. The maximum absolute atomic E-state index is 8.79. The second kappa shape index (κ2) is 7.24. The lowest BCUT2D eigenvalue weighted by atomic mass is 10.1. The van der Waals surface area contributed by atoms with Crippen LogP contribution in [0.1, 0.15) is 17.5 Å². The number of benzene rings is 2. The summed E-state index contributed by atoms with van der Waals surface area (Å²) in [4.78, 5) is 1.30. The predicted octanol–water partition coefficient (Wildman–Crippen LogP) is 3.90. The highest BCUT2D eigenvalue weighted by molar-refractivity contribution is 7.98. The van der Waals surface area contributed by atoms with Gasteiger partial charge in [0.2, 0.25) is 0 Å². The zero-order valence-corrected chi connectivity index (χ0v) is 11.2. The molecule has 1 nitrogen and oxygen atoms in total. The lowest BCUT2D eigenvalue weighted by molar-refractivity contribution is 0.288. The minimum absolute atomic E-state index is 0.268. The molecular weight excluding hydrogens is 240 g/mol. The summed E-state index contributed by atoms with van der Waals surface area (Å²) in [5.41, 5.74) is 2.65. The molecule has 0 amide bonds. The maximum Gasteiger partial charge on any atom is 0.0434 e. The van der Waals surface area contributed by atoms with Gasteiger partial charge in [0.1, 0.15) is 0 Å². The van der Waals surface area contributed by atoms with Gasteiger partial charge in [-0.3, -0.25) is 0 Å².